The van der Waals surface area contributed by atoms with Gasteiger partial charge in [0.25, 0.3) is 5.56 Å². The van der Waals surface area contributed by atoms with E-state index >= 15 is 0 Å². The van der Waals surface area contributed by atoms with Crippen molar-refractivity contribution in [2.24, 2.45) is 0 Å². The second-order valence-electron chi connectivity index (χ2n) is 11.7. The molecule has 5 rings (SSSR count). The maximum atomic E-state index is 14.7. The highest BCUT2D eigenvalue weighted by Crippen LogP contribution is 2.32. The zero-order valence-electron chi connectivity index (χ0n) is 22.5. The van der Waals surface area contributed by atoms with Gasteiger partial charge in [-0.2, -0.15) is 4.98 Å². The maximum Gasteiger partial charge on any atom is 0.278 e. The van der Waals surface area contributed by atoms with Gasteiger partial charge in [0.2, 0.25) is 5.95 Å². The molecule has 37 heavy (non-hydrogen) atoms. The molecule has 0 bridgehead atoms. The smallest absolute Gasteiger partial charge is 0.278 e. The van der Waals surface area contributed by atoms with E-state index in [1.54, 1.807) is 21.6 Å². The predicted octanol–water partition coefficient (Wildman–Crippen LogP) is 5.12. The molecule has 0 saturated heterocycles. The average Bonchev–Trinajstić information content (AvgIpc) is 3.10. The molecule has 0 aliphatic carbocycles. The lowest BCUT2D eigenvalue weighted by molar-refractivity contribution is 0.435. The molecule has 0 fully saturated rings. The Hall–Kier alpha value is -3.59. The van der Waals surface area contributed by atoms with Crippen LogP contribution in [0.2, 0.25) is 0 Å². The molecule has 8 nitrogen and oxygen atoms in total. The summed E-state index contributed by atoms with van der Waals surface area (Å²) in [4.78, 5) is 27.1. The molecule has 194 valence electrons. The van der Waals surface area contributed by atoms with Crippen LogP contribution < -0.4 is 16.2 Å². The number of benzene rings is 1. The van der Waals surface area contributed by atoms with Crippen LogP contribution in [0.3, 0.4) is 0 Å². The van der Waals surface area contributed by atoms with Crippen molar-refractivity contribution < 1.29 is 4.39 Å². The second-order valence-corrected chi connectivity index (χ2v) is 11.7. The van der Waals surface area contributed by atoms with Crippen LogP contribution >= 0.6 is 0 Å². The largest absolute Gasteiger partial charge is 0.324 e. The number of halogens is 1. The van der Waals surface area contributed by atoms with E-state index in [1.165, 1.54) is 17.2 Å². The molecule has 0 amide bonds. The normalized spacial score (nSPS) is 15.3. The summed E-state index contributed by atoms with van der Waals surface area (Å²) in [6.07, 6.45) is 1.54. The topological polar surface area (TPSA) is 89.7 Å². The Morgan fingerprint density at radius 3 is 2.59 bits per heavy atom. The minimum absolute atomic E-state index is 0.0609. The minimum Gasteiger partial charge on any atom is -0.324 e. The molecule has 9 heteroatoms. The number of aromatic nitrogens is 5. The lowest BCUT2D eigenvalue weighted by atomic mass is 9.79. The van der Waals surface area contributed by atoms with E-state index in [0.717, 1.165) is 18.8 Å². The Morgan fingerprint density at radius 2 is 1.89 bits per heavy atom. The fourth-order valence-corrected chi connectivity index (χ4v) is 5.03. The summed E-state index contributed by atoms with van der Waals surface area (Å²) in [6, 6.07) is 9.09. The molecule has 0 spiro atoms. The first-order valence-corrected chi connectivity index (χ1v) is 12.7. The predicted molar refractivity (Wildman–Crippen MR) is 144 cm³/mol. The van der Waals surface area contributed by atoms with Crippen LogP contribution in [0.5, 0.6) is 0 Å². The molecule has 4 heterocycles. The minimum atomic E-state index is -0.510. The van der Waals surface area contributed by atoms with Gasteiger partial charge in [0.15, 0.2) is 11.5 Å². The summed E-state index contributed by atoms with van der Waals surface area (Å²) >= 11 is 0. The van der Waals surface area contributed by atoms with Crippen molar-refractivity contribution in [1.29, 1.82) is 0 Å². The average molecular weight is 504 g/mol. The number of fused-ring (bicyclic) bond motifs is 2. The molecule has 1 aromatic carbocycles. The van der Waals surface area contributed by atoms with Gasteiger partial charge >= 0.3 is 0 Å². The fraction of sp³-hybridized carbons (Fsp3) is 0.429. The van der Waals surface area contributed by atoms with Gasteiger partial charge in [-0.25, -0.2) is 23.7 Å². The van der Waals surface area contributed by atoms with Crippen molar-refractivity contribution in [3.05, 3.63) is 69.5 Å². The zero-order valence-corrected chi connectivity index (χ0v) is 22.5. The van der Waals surface area contributed by atoms with Gasteiger partial charge in [-0.15, -0.1) is 0 Å². The van der Waals surface area contributed by atoms with Gasteiger partial charge in [0.05, 0.1) is 5.69 Å². The standard InChI is InChI=1S/C28H34FN7O/c1-16(2)35-25(37)19-14-31-26(32-18-8-9-20-17(12-18)13-30-15-28(20,6)7)34-24(19)36(35)22-11-10-21(29)23(33-22)27(3,4)5/h8-12,14,16,30H,13,15H2,1-7H3,(H,31,32,34). The summed E-state index contributed by atoms with van der Waals surface area (Å²) in [5, 5.41) is 7.15. The first-order chi connectivity index (χ1) is 17.4. The molecule has 0 atom stereocenters. The van der Waals surface area contributed by atoms with Crippen molar-refractivity contribution in [1.82, 2.24) is 29.6 Å². The van der Waals surface area contributed by atoms with Crippen LogP contribution in [-0.4, -0.2) is 30.9 Å². The number of nitrogens with zero attached hydrogens (tertiary/aromatic N) is 5. The monoisotopic (exact) mass is 503 g/mol. The number of pyridine rings is 1. The van der Waals surface area contributed by atoms with E-state index in [4.69, 9.17) is 4.98 Å². The van der Waals surface area contributed by atoms with Gasteiger partial charge < -0.3 is 10.6 Å². The highest BCUT2D eigenvalue weighted by Gasteiger charge is 2.28. The van der Waals surface area contributed by atoms with Crippen molar-refractivity contribution >= 4 is 22.7 Å². The zero-order chi connectivity index (χ0) is 26.7. The van der Waals surface area contributed by atoms with Gasteiger partial charge in [0, 0.05) is 41.8 Å². The number of hydrogen-bond donors (Lipinski definition) is 2. The molecule has 4 aromatic rings. The summed E-state index contributed by atoms with van der Waals surface area (Å²) < 4.78 is 17.9. The second kappa shape index (κ2) is 8.76. The number of hydrogen-bond acceptors (Lipinski definition) is 6. The first kappa shape index (κ1) is 25.1. The van der Waals surface area contributed by atoms with Crippen molar-refractivity contribution in [3.8, 4) is 5.82 Å². The Bertz CT molecular complexity index is 1560. The molecule has 2 N–H and O–H groups in total. The van der Waals surface area contributed by atoms with E-state index < -0.39 is 5.41 Å². The Kier molecular flexibility index (Phi) is 5.94. The Balaban J connectivity index is 1.63. The summed E-state index contributed by atoms with van der Waals surface area (Å²) in [7, 11) is 0. The molecule has 3 aromatic heterocycles. The molecule has 0 saturated carbocycles. The van der Waals surface area contributed by atoms with Gasteiger partial charge in [0.1, 0.15) is 11.2 Å². The molecular weight excluding hydrogens is 469 g/mol. The summed E-state index contributed by atoms with van der Waals surface area (Å²) in [6.45, 7) is 15.8. The maximum absolute atomic E-state index is 14.7. The van der Waals surface area contributed by atoms with Gasteiger partial charge in [-0.3, -0.25) is 4.79 Å². The van der Waals surface area contributed by atoms with Crippen molar-refractivity contribution in [2.45, 2.75) is 71.9 Å². The van der Waals surface area contributed by atoms with E-state index in [1.807, 2.05) is 40.7 Å². The van der Waals surface area contributed by atoms with E-state index in [2.05, 4.69) is 46.6 Å². The lowest BCUT2D eigenvalue weighted by Gasteiger charge is -2.33. The molecular formula is C28H34FN7O. The van der Waals surface area contributed by atoms with Crippen LogP contribution in [0.15, 0.2) is 41.3 Å². The third-order valence-electron chi connectivity index (χ3n) is 6.84. The third-order valence-corrected chi connectivity index (χ3v) is 6.84. The Labute approximate surface area is 216 Å². The van der Waals surface area contributed by atoms with Crippen LogP contribution in [0.4, 0.5) is 16.0 Å². The highest BCUT2D eigenvalue weighted by atomic mass is 19.1. The molecule has 1 aliphatic heterocycles. The van der Waals surface area contributed by atoms with Crippen LogP contribution in [0.1, 0.15) is 71.3 Å². The van der Waals surface area contributed by atoms with Crippen LogP contribution in [0.25, 0.3) is 16.9 Å². The third kappa shape index (κ3) is 4.41. The quantitative estimate of drug-likeness (QED) is 0.402. The molecule has 1 aliphatic rings. The number of nitrogens with one attached hydrogen (secondary N) is 2. The van der Waals surface area contributed by atoms with Crippen molar-refractivity contribution in [2.75, 3.05) is 11.9 Å². The summed E-state index contributed by atoms with van der Waals surface area (Å²) in [5.41, 5.74) is 3.49. The van der Waals surface area contributed by atoms with Crippen LogP contribution in [-0.2, 0) is 17.4 Å². The lowest BCUT2D eigenvalue weighted by Crippen LogP contribution is -2.38. The Morgan fingerprint density at radius 1 is 1.14 bits per heavy atom. The number of rotatable bonds is 4. The van der Waals surface area contributed by atoms with Gasteiger partial charge in [-0.1, -0.05) is 40.7 Å². The van der Waals surface area contributed by atoms with Crippen molar-refractivity contribution in [3.63, 3.8) is 0 Å². The van der Waals surface area contributed by atoms with Crippen LogP contribution in [0, 0.1) is 5.82 Å². The first-order valence-electron chi connectivity index (χ1n) is 12.7. The highest BCUT2D eigenvalue weighted by molar-refractivity contribution is 5.77. The SMILES string of the molecule is CC(C)n1c(=O)c2cnc(Nc3ccc4c(c3)CNCC4(C)C)nc2n1-c1ccc(F)c(C(C)(C)C)n1. The van der Waals surface area contributed by atoms with Gasteiger partial charge in [-0.05, 0) is 49.2 Å². The van der Waals surface area contributed by atoms with E-state index in [9.17, 15) is 9.18 Å². The summed E-state index contributed by atoms with van der Waals surface area (Å²) in [5.74, 6) is 0.412. The van der Waals surface area contributed by atoms with E-state index in [-0.39, 0.29) is 22.8 Å². The molecule has 0 radical (unpaired) electrons. The fourth-order valence-electron chi connectivity index (χ4n) is 5.03. The van der Waals surface area contributed by atoms with E-state index in [0.29, 0.717) is 28.5 Å². The number of anilines is 2. The molecule has 0 unspecified atom stereocenters.